The minimum atomic E-state index is -1.99. The monoisotopic (exact) mass is 682 g/mol. The van der Waals surface area contributed by atoms with Crippen LogP contribution in [0.25, 0.3) is 0 Å². The van der Waals surface area contributed by atoms with E-state index in [2.05, 4.69) is 100 Å². The number of allylic oxidation sites excluding steroid dienone is 3. The van der Waals surface area contributed by atoms with Gasteiger partial charge in [-0.05, 0) is 127 Å². The van der Waals surface area contributed by atoms with E-state index in [0.29, 0.717) is 35.4 Å². The first-order chi connectivity index (χ1) is 21.2. The molecule has 0 spiro atoms. The third-order valence-corrected chi connectivity index (χ3v) is 23.0. The number of fused-ring (bicyclic) bond motifs is 1. The summed E-state index contributed by atoms with van der Waals surface area (Å²) >= 11 is 1.58. The summed E-state index contributed by atoms with van der Waals surface area (Å²) in [4.78, 5) is 13.7. The lowest BCUT2D eigenvalue weighted by Crippen LogP contribution is -2.49. The molecule has 1 heterocycles. The highest BCUT2D eigenvalue weighted by atomic mass is 32.1. The number of rotatable bonds is 10. The van der Waals surface area contributed by atoms with Crippen LogP contribution in [0.15, 0.2) is 53.0 Å². The highest BCUT2D eigenvalue weighted by molar-refractivity contribution is 7.12. The zero-order valence-electron chi connectivity index (χ0n) is 31.5. The van der Waals surface area contributed by atoms with Gasteiger partial charge in [0.15, 0.2) is 22.4 Å². The van der Waals surface area contributed by atoms with Crippen molar-refractivity contribution in [2.75, 3.05) is 0 Å². The second-order valence-corrected chi connectivity index (χ2v) is 28.7. The molecule has 1 aromatic heterocycles. The number of ketones is 1. The molecule has 0 bridgehead atoms. The van der Waals surface area contributed by atoms with E-state index in [1.165, 1.54) is 43.3 Å². The van der Waals surface area contributed by atoms with Crippen LogP contribution in [0, 0.1) is 23.2 Å². The van der Waals surface area contributed by atoms with Crippen LogP contribution >= 0.6 is 11.3 Å². The van der Waals surface area contributed by atoms with E-state index in [1.54, 1.807) is 16.9 Å². The van der Waals surface area contributed by atoms with Crippen LogP contribution in [0.4, 0.5) is 0 Å². The number of carbonyl (C=O) groups excluding carboxylic acids is 1. The standard InChI is InChI=1S/C40H66O3SSi2/c1-28(18-23-35(41)37-17-15-25-44-37)33-21-22-34-30(16-14-24-40(33,34)9)19-20-31-26-32(42-45(10,11)38(3,4)5)27-36(29(31)2)43-46(12,13)39(6,7)8/h15,17,19-20,25,28,32-34,36H,2,14,16,18,21-24,26-27H2,1,3-13H3/b30-19+,31-20-/t28-,32-,33-,34+,36+,40-/m1/s1. The minimum absolute atomic E-state index is 0.0132. The largest absolute Gasteiger partial charge is 0.413 e. The van der Waals surface area contributed by atoms with E-state index in [1.807, 2.05) is 17.5 Å². The maximum atomic E-state index is 12.8. The molecular weight excluding hydrogens is 617 g/mol. The van der Waals surface area contributed by atoms with Gasteiger partial charge in [0.05, 0.1) is 17.1 Å². The fourth-order valence-corrected chi connectivity index (χ4v) is 11.5. The van der Waals surface area contributed by atoms with Gasteiger partial charge < -0.3 is 8.85 Å². The van der Waals surface area contributed by atoms with Crippen molar-refractivity contribution in [3.63, 3.8) is 0 Å². The number of hydrogen-bond donors (Lipinski definition) is 0. The molecule has 1 aromatic rings. The van der Waals surface area contributed by atoms with Crippen molar-refractivity contribution < 1.29 is 13.6 Å². The smallest absolute Gasteiger partial charge is 0.192 e. The molecule has 258 valence electrons. The molecule has 3 aliphatic carbocycles. The molecule has 46 heavy (non-hydrogen) atoms. The van der Waals surface area contributed by atoms with Crippen molar-refractivity contribution in [2.45, 2.75) is 162 Å². The summed E-state index contributed by atoms with van der Waals surface area (Å²) in [7, 11) is -3.93. The van der Waals surface area contributed by atoms with Crippen molar-refractivity contribution in [1.82, 2.24) is 0 Å². The van der Waals surface area contributed by atoms with Gasteiger partial charge >= 0.3 is 0 Å². The molecule has 0 radical (unpaired) electrons. The van der Waals surface area contributed by atoms with Crippen LogP contribution < -0.4 is 0 Å². The molecule has 3 aliphatic rings. The SMILES string of the molecule is C=C1/C(=C\C=C2/CCC[C@]3(C)[C@@H]([C@H](C)CCC(=O)c4cccs4)CC[C@@H]23)C[C@@H](O[Si](C)(C)C(C)(C)C)C[C@@H]1O[Si](C)(C)C(C)(C)C. The van der Waals surface area contributed by atoms with Gasteiger partial charge in [-0.25, -0.2) is 0 Å². The summed E-state index contributed by atoms with van der Waals surface area (Å²) in [6.07, 6.45) is 14.9. The average molecular weight is 683 g/mol. The van der Waals surface area contributed by atoms with Crippen LogP contribution in [0.3, 0.4) is 0 Å². The third-order valence-electron chi connectivity index (χ3n) is 13.1. The molecule has 0 saturated heterocycles. The summed E-state index contributed by atoms with van der Waals surface area (Å²) in [5.74, 6) is 2.20. The topological polar surface area (TPSA) is 35.5 Å². The average Bonchev–Trinajstić information content (AvgIpc) is 3.59. The molecule has 0 aliphatic heterocycles. The molecule has 3 nitrogen and oxygen atoms in total. The van der Waals surface area contributed by atoms with Crippen molar-refractivity contribution in [3.05, 3.63) is 57.8 Å². The van der Waals surface area contributed by atoms with Gasteiger partial charge in [-0.1, -0.05) is 85.8 Å². The predicted octanol–water partition coefficient (Wildman–Crippen LogP) is 12.5. The molecule has 4 rings (SSSR count). The molecule has 0 amide bonds. The zero-order valence-corrected chi connectivity index (χ0v) is 34.3. The number of Topliss-reactive ketones (excluding diaryl/α,β-unsaturated/α-hetero) is 1. The first-order valence-electron chi connectivity index (χ1n) is 18.2. The van der Waals surface area contributed by atoms with Crippen molar-refractivity contribution in [2.24, 2.45) is 23.2 Å². The molecule has 0 unspecified atom stereocenters. The van der Waals surface area contributed by atoms with E-state index in [9.17, 15) is 4.79 Å². The Morgan fingerprint density at radius 1 is 1.07 bits per heavy atom. The quantitative estimate of drug-likeness (QED) is 0.182. The summed E-state index contributed by atoms with van der Waals surface area (Å²) < 4.78 is 14.2. The Morgan fingerprint density at radius 3 is 2.33 bits per heavy atom. The predicted molar refractivity (Wildman–Crippen MR) is 204 cm³/mol. The maximum absolute atomic E-state index is 12.8. The van der Waals surface area contributed by atoms with E-state index in [0.717, 1.165) is 24.1 Å². The molecule has 3 fully saturated rings. The Hall–Kier alpha value is -1.06. The third kappa shape index (κ3) is 8.21. The van der Waals surface area contributed by atoms with Crippen molar-refractivity contribution in [3.8, 4) is 0 Å². The van der Waals surface area contributed by atoms with Crippen LogP contribution in [-0.2, 0) is 8.85 Å². The zero-order chi connectivity index (χ0) is 34.3. The first kappa shape index (κ1) is 37.8. The van der Waals surface area contributed by atoms with Gasteiger partial charge in [-0.2, -0.15) is 0 Å². The minimum Gasteiger partial charge on any atom is -0.413 e. The lowest BCUT2D eigenvalue weighted by atomic mass is 9.60. The van der Waals surface area contributed by atoms with Crippen LogP contribution in [0.2, 0.25) is 36.3 Å². The normalized spacial score (nSPS) is 30.6. The highest BCUT2D eigenvalue weighted by Crippen LogP contribution is 2.60. The Bertz CT molecular complexity index is 1290. The van der Waals surface area contributed by atoms with Crippen molar-refractivity contribution in [1.29, 1.82) is 0 Å². The molecule has 6 atom stereocenters. The highest BCUT2D eigenvalue weighted by Gasteiger charge is 2.51. The molecule has 3 saturated carbocycles. The second kappa shape index (κ2) is 14.1. The second-order valence-electron chi connectivity index (χ2n) is 18.3. The molecule has 6 heteroatoms. The van der Waals surface area contributed by atoms with E-state index in [-0.39, 0.29) is 22.3 Å². The number of hydrogen-bond acceptors (Lipinski definition) is 4. The van der Waals surface area contributed by atoms with E-state index in [4.69, 9.17) is 8.85 Å². The van der Waals surface area contributed by atoms with Gasteiger partial charge in [-0.15, -0.1) is 11.3 Å². The fraction of sp³-hybridized carbons (Fsp3) is 0.725. The van der Waals surface area contributed by atoms with Gasteiger partial charge in [0.2, 0.25) is 0 Å². The Morgan fingerprint density at radius 2 is 1.72 bits per heavy atom. The number of carbonyl (C=O) groups is 1. The van der Waals surface area contributed by atoms with Gasteiger partial charge in [-0.3, -0.25) is 4.79 Å². The van der Waals surface area contributed by atoms with Gasteiger partial charge in [0.25, 0.3) is 0 Å². The molecular formula is C40H66O3SSi2. The first-order valence-corrected chi connectivity index (χ1v) is 24.9. The maximum Gasteiger partial charge on any atom is 0.192 e. The Balaban J connectivity index is 1.55. The Kier molecular flexibility index (Phi) is 11.5. The Labute approximate surface area is 289 Å². The number of thiophene rings is 1. The summed E-state index contributed by atoms with van der Waals surface area (Å²) in [6.45, 7) is 33.1. The summed E-state index contributed by atoms with van der Waals surface area (Å²) in [5, 5.41) is 2.33. The lowest BCUT2D eigenvalue weighted by Gasteiger charge is -2.46. The van der Waals surface area contributed by atoms with E-state index < -0.39 is 16.6 Å². The molecule has 0 N–H and O–H groups in total. The summed E-state index contributed by atoms with van der Waals surface area (Å²) in [5.41, 5.74) is 4.45. The molecule has 0 aromatic carbocycles. The van der Waals surface area contributed by atoms with Crippen LogP contribution in [-0.4, -0.2) is 34.6 Å². The van der Waals surface area contributed by atoms with E-state index >= 15 is 0 Å². The van der Waals surface area contributed by atoms with Crippen LogP contribution in [0.1, 0.15) is 123 Å². The van der Waals surface area contributed by atoms with Gasteiger partial charge in [0.1, 0.15) is 0 Å². The summed E-state index contributed by atoms with van der Waals surface area (Å²) in [6, 6.07) is 3.96. The van der Waals surface area contributed by atoms with Crippen LogP contribution in [0.5, 0.6) is 0 Å². The fourth-order valence-electron chi connectivity index (χ4n) is 8.10. The van der Waals surface area contributed by atoms with Gasteiger partial charge in [0, 0.05) is 12.8 Å². The van der Waals surface area contributed by atoms with Crippen molar-refractivity contribution >= 4 is 33.8 Å². The lowest BCUT2D eigenvalue weighted by molar-refractivity contribution is 0.0857.